The summed E-state index contributed by atoms with van der Waals surface area (Å²) in [6.45, 7) is 8.72. The van der Waals surface area contributed by atoms with Gasteiger partial charge in [-0.1, -0.05) is 19.1 Å². The molecule has 1 unspecified atom stereocenters. The molecule has 0 amide bonds. The number of likely N-dealkylation sites (N-methyl/N-ethyl adjacent to an activating group) is 1. The molecule has 1 aliphatic heterocycles. The number of imidazole rings is 1. The second-order valence-electron chi connectivity index (χ2n) is 10.7. The fourth-order valence-electron chi connectivity index (χ4n) is 5.91. The summed E-state index contributed by atoms with van der Waals surface area (Å²) in [7, 11) is 1.93. The van der Waals surface area contributed by atoms with Crippen LogP contribution in [-0.4, -0.2) is 52.9 Å². The molecule has 38 heavy (non-hydrogen) atoms. The van der Waals surface area contributed by atoms with E-state index in [1.54, 1.807) is 0 Å². The number of rotatable bonds is 6. The van der Waals surface area contributed by atoms with E-state index in [0.717, 1.165) is 59.2 Å². The molecule has 1 saturated carbocycles. The number of benzene rings is 2. The van der Waals surface area contributed by atoms with Crippen molar-refractivity contribution in [2.75, 3.05) is 18.4 Å². The van der Waals surface area contributed by atoms with Crippen LogP contribution in [0.4, 0.5) is 11.6 Å². The zero-order valence-electron chi connectivity index (χ0n) is 22.3. The van der Waals surface area contributed by atoms with Gasteiger partial charge in [-0.25, -0.2) is 9.67 Å². The highest BCUT2D eigenvalue weighted by Gasteiger charge is 2.29. The molecular formula is C29H33N9. The molecule has 2 aliphatic rings. The maximum Gasteiger partial charge on any atom is 0.225 e. The summed E-state index contributed by atoms with van der Waals surface area (Å²) in [5.74, 6) is 2.94. The second kappa shape index (κ2) is 8.80. The van der Waals surface area contributed by atoms with Crippen molar-refractivity contribution in [3.05, 3.63) is 59.0 Å². The van der Waals surface area contributed by atoms with Gasteiger partial charge in [0.25, 0.3) is 0 Å². The highest BCUT2D eigenvalue weighted by atomic mass is 15.4. The summed E-state index contributed by atoms with van der Waals surface area (Å²) in [5, 5.41) is 16.8. The van der Waals surface area contributed by atoms with Crippen LogP contribution in [0.1, 0.15) is 61.2 Å². The molecule has 3 aromatic heterocycles. The van der Waals surface area contributed by atoms with Crippen LogP contribution in [0.2, 0.25) is 0 Å². The van der Waals surface area contributed by atoms with E-state index in [1.165, 1.54) is 35.2 Å². The van der Waals surface area contributed by atoms with Crippen LogP contribution in [0.25, 0.3) is 33.7 Å². The Morgan fingerprint density at radius 2 is 2.00 bits per heavy atom. The van der Waals surface area contributed by atoms with Gasteiger partial charge >= 0.3 is 0 Å². The topological polar surface area (TPSA) is 103 Å². The van der Waals surface area contributed by atoms with E-state index in [0.29, 0.717) is 17.8 Å². The minimum absolute atomic E-state index is 0.339. The van der Waals surface area contributed by atoms with Crippen LogP contribution in [0.5, 0.6) is 0 Å². The maximum atomic E-state index is 5.02. The Bertz CT molecular complexity index is 1650. The van der Waals surface area contributed by atoms with Crippen molar-refractivity contribution in [1.82, 2.24) is 39.8 Å². The number of aromatic amines is 2. The number of fused-ring (bicyclic) bond motifs is 2. The van der Waals surface area contributed by atoms with Crippen LogP contribution in [0.15, 0.2) is 36.5 Å². The molecule has 9 heteroatoms. The molecule has 0 radical (unpaired) electrons. The lowest BCUT2D eigenvalue weighted by Gasteiger charge is -2.31. The van der Waals surface area contributed by atoms with Gasteiger partial charge in [0, 0.05) is 47.9 Å². The highest BCUT2D eigenvalue weighted by molar-refractivity contribution is 5.89. The monoisotopic (exact) mass is 507 g/mol. The van der Waals surface area contributed by atoms with Crippen LogP contribution < -0.4 is 5.32 Å². The summed E-state index contributed by atoms with van der Waals surface area (Å²) < 4.78 is 1.82. The van der Waals surface area contributed by atoms with Crippen molar-refractivity contribution in [3.8, 4) is 22.8 Å². The first kappa shape index (κ1) is 23.2. The number of aryl methyl sites for hydroxylation is 2. The molecule has 9 nitrogen and oxygen atoms in total. The first-order valence-electron chi connectivity index (χ1n) is 13.6. The number of nitrogens with one attached hydrogen (secondary N) is 3. The fraction of sp³-hybridized carbons (Fsp3) is 0.379. The number of anilines is 2. The first-order valence-corrected chi connectivity index (χ1v) is 13.6. The summed E-state index contributed by atoms with van der Waals surface area (Å²) in [6.07, 6.45) is 5.37. The van der Waals surface area contributed by atoms with Gasteiger partial charge in [-0.15, -0.1) is 5.10 Å². The molecule has 0 saturated heterocycles. The van der Waals surface area contributed by atoms with E-state index in [-0.39, 0.29) is 0 Å². The molecule has 0 spiro atoms. The fourth-order valence-corrected chi connectivity index (χ4v) is 5.91. The van der Waals surface area contributed by atoms with Gasteiger partial charge in [-0.3, -0.25) is 10.00 Å². The minimum atomic E-state index is 0.339. The van der Waals surface area contributed by atoms with E-state index in [1.807, 2.05) is 17.9 Å². The van der Waals surface area contributed by atoms with Gasteiger partial charge in [0.15, 0.2) is 5.82 Å². The van der Waals surface area contributed by atoms with Gasteiger partial charge in [0.1, 0.15) is 5.82 Å². The summed E-state index contributed by atoms with van der Waals surface area (Å²) in [6, 6.07) is 10.9. The molecule has 3 N–H and O–H groups in total. The van der Waals surface area contributed by atoms with E-state index in [2.05, 4.69) is 76.5 Å². The van der Waals surface area contributed by atoms with Gasteiger partial charge in [-0.05, 0) is 68.5 Å². The molecule has 4 heterocycles. The number of nitrogens with zero attached hydrogens (tertiary/aromatic N) is 6. The molecule has 5 aromatic rings. The van der Waals surface area contributed by atoms with Gasteiger partial charge in [0.2, 0.25) is 5.95 Å². The Morgan fingerprint density at radius 1 is 1.13 bits per heavy atom. The number of hydrogen-bond donors (Lipinski definition) is 3. The van der Waals surface area contributed by atoms with Crippen LogP contribution >= 0.6 is 0 Å². The van der Waals surface area contributed by atoms with Crippen LogP contribution in [0, 0.1) is 6.92 Å². The van der Waals surface area contributed by atoms with E-state index >= 15 is 0 Å². The lowest BCUT2D eigenvalue weighted by molar-refractivity contribution is 0.205. The van der Waals surface area contributed by atoms with E-state index < -0.39 is 0 Å². The number of H-pyrrole nitrogens is 2. The normalized spacial score (nSPS) is 17.7. The highest BCUT2D eigenvalue weighted by Crippen LogP contribution is 2.47. The van der Waals surface area contributed by atoms with Crippen molar-refractivity contribution < 1.29 is 0 Å². The van der Waals surface area contributed by atoms with Crippen LogP contribution in [-0.2, 0) is 13.5 Å². The van der Waals surface area contributed by atoms with Crippen molar-refractivity contribution in [1.29, 1.82) is 0 Å². The van der Waals surface area contributed by atoms with Crippen molar-refractivity contribution in [2.45, 2.75) is 52.0 Å². The molecular weight excluding hydrogens is 474 g/mol. The molecule has 1 fully saturated rings. The Morgan fingerprint density at radius 3 is 2.79 bits per heavy atom. The largest absolute Gasteiger partial charge is 0.342 e. The molecule has 7 rings (SSSR count). The lowest BCUT2D eigenvalue weighted by atomic mass is 10.0. The summed E-state index contributed by atoms with van der Waals surface area (Å²) >= 11 is 0. The average molecular weight is 508 g/mol. The SMILES string of the molecule is CCN1CCc2[nH]c(-c3ccc(-c4nc(Nc5ccc6[nH]ncc6c5C5CC5)n(C)n4)cc3C)nc2C1C. The summed E-state index contributed by atoms with van der Waals surface area (Å²) in [4.78, 5) is 16.0. The van der Waals surface area contributed by atoms with Crippen molar-refractivity contribution >= 4 is 22.5 Å². The average Bonchev–Trinajstić information content (AvgIpc) is 3.29. The van der Waals surface area contributed by atoms with Gasteiger partial charge < -0.3 is 10.3 Å². The molecule has 1 atom stereocenters. The predicted octanol–water partition coefficient (Wildman–Crippen LogP) is 5.62. The van der Waals surface area contributed by atoms with Crippen LogP contribution in [0.3, 0.4) is 0 Å². The number of hydrogen-bond acceptors (Lipinski definition) is 6. The molecule has 2 aromatic carbocycles. The minimum Gasteiger partial charge on any atom is -0.342 e. The Balaban J connectivity index is 1.17. The quantitative estimate of drug-likeness (QED) is 0.276. The van der Waals surface area contributed by atoms with Gasteiger partial charge in [-0.2, -0.15) is 10.1 Å². The number of aromatic nitrogens is 7. The van der Waals surface area contributed by atoms with E-state index in [4.69, 9.17) is 15.1 Å². The van der Waals surface area contributed by atoms with Crippen molar-refractivity contribution in [3.63, 3.8) is 0 Å². The second-order valence-corrected chi connectivity index (χ2v) is 10.7. The zero-order chi connectivity index (χ0) is 26.0. The maximum absolute atomic E-state index is 5.02. The van der Waals surface area contributed by atoms with Gasteiger partial charge in [0.05, 0.1) is 23.4 Å². The molecule has 194 valence electrons. The third-order valence-electron chi connectivity index (χ3n) is 8.21. The zero-order valence-corrected chi connectivity index (χ0v) is 22.3. The molecule has 0 bridgehead atoms. The predicted molar refractivity (Wildman–Crippen MR) is 149 cm³/mol. The lowest BCUT2D eigenvalue weighted by Crippen LogP contribution is -2.33. The smallest absolute Gasteiger partial charge is 0.225 e. The third-order valence-corrected chi connectivity index (χ3v) is 8.21. The van der Waals surface area contributed by atoms with Crippen molar-refractivity contribution in [2.24, 2.45) is 7.05 Å². The standard InChI is InChI=1S/C29H33N9/c1-5-38-13-12-24-26(17(38)3)33-28(31-24)20-9-8-19(14-16(20)2)27-34-29(37(4)36-27)32-23-11-10-22-21(15-30-35-22)25(23)18-6-7-18/h8-11,14-15,17-18H,5-7,12-13H2,1-4H3,(H,30,35)(H,31,33)(H,32,34,36). The Hall–Kier alpha value is -3.98. The van der Waals surface area contributed by atoms with E-state index in [9.17, 15) is 0 Å². The molecule has 1 aliphatic carbocycles. The third kappa shape index (κ3) is 3.80. The first-order chi connectivity index (χ1) is 18.5. The summed E-state index contributed by atoms with van der Waals surface area (Å²) in [5.41, 5.74) is 9.17. The Labute approximate surface area is 221 Å². The Kier molecular flexibility index (Phi) is 5.36.